The third kappa shape index (κ3) is 10.8. The molecule has 2 aromatic rings. The number of esters is 2. The second kappa shape index (κ2) is 15.6. The molecule has 0 saturated heterocycles. The van der Waals surface area contributed by atoms with Crippen molar-refractivity contribution in [1.29, 1.82) is 0 Å². The Morgan fingerprint density at radius 1 is 0.659 bits per heavy atom. The fourth-order valence-electron chi connectivity index (χ4n) is 2.93. The van der Waals surface area contributed by atoms with Crippen LogP contribution in [-0.4, -0.2) is 88.3 Å². The SMILES string of the molecule is COC(=O)c1nc(C#C[Si](C)(C)C)c(N(C(C)=O)C(C)=O)nc1OC.COC(=O)c1nc(C#C[Si](C)(C)C)c(N)nc1OC. The second-order valence-corrected chi connectivity index (χ2v) is 20.4. The first-order chi connectivity index (χ1) is 20.3. The van der Waals surface area contributed by atoms with Crippen LogP contribution in [0.15, 0.2) is 0 Å². The number of methoxy groups -OCH3 is 4. The summed E-state index contributed by atoms with van der Waals surface area (Å²) in [6, 6.07) is 0. The van der Waals surface area contributed by atoms with Crippen LogP contribution in [0, 0.1) is 22.9 Å². The van der Waals surface area contributed by atoms with E-state index in [1.54, 1.807) is 0 Å². The maximum Gasteiger partial charge on any atom is 0.362 e. The van der Waals surface area contributed by atoms with Crippen LogP contribution < -0.4 is 20.1 Å². The molecule has 14 nitrogen and oxygen atoms in total. The number of aromatic nitrogens is 4. The largest absolute Gasteiger partial charge is 0.479 e. The maximum absolute atomic E-state index is 11.9. The lowest BCUT2D eigenvalue weighted by Crippen LogP contribution is -2.35. The van der Waals surface area contributed by atoms with Crippen LogP contribution in [0.5, 0.6) is 11.8 Å². The van der Waals surface area contributed by atoms with E-state index in [0.717, 1.165) is 4.90 Å². The van der Waals surface area contributed by atoms with Crippen LogP contribution in [0.2, 0.25) is 39.3 Å². The number of anilines is 2. The lowest BCUT2D eigenvalue weighted by atomic mass is 10.3. The molecule has 0 aliphatic carbocycles. The lowest BCUT2D eigenvalue weighted by Gasteiger charge is -2.18. The van der Waals surface area contributed by atoms with Crippen molar-refractivity contribution in [2.45, 2.75) is 53.1 Å². The number of nitrogens with two attached hydrogens (primary N) is 1. The predicted molar refractivity (Wildman–Crippen MR) is 169 cm³/mol. The molecular weight excluding hydrogens is 605 g/mol. The van der Waals surface area contributed by atoms with E-state index in [4.69, 9.17) is 15.2 Å². The summed E-state index contributed by atoms with van der Waals surface area (Å²) < 4.78 is 19.3. The first kappa shape index (κ1) is 37.2. The minimum absolute atomic E-state index is 0.0286. The van der Waals surface area contributed by atoms with Gasteiger partial charge in [-0.15, -0.1) is 11.1 Å². The van der Waals surface area contributed by atoms with Crippen molar-refractivity contribution < 1.29 is 38.1 Å². The smallest absolute Gasteiger partial charge is 0.362 e. The van der Waals surface area contributed by atoms with Gasteiger partial charge in [-0.05, 0) is 0 Å². The summed E-state index contributed by atoms with van der Waals surface area (Å²) in [6.45, 7) is 14.8. The number of ether oxygens (including phenoxy) is 4. The molecule has 16 heteroatoms. The number of nitrogen functional groups attached to an aromatic ring is 1. The van der Waals surface area contributed by atoms with E-state index in [1.807, 2.05) is 19.6 Å². The molecule has 2 aromatic heterocycles. The number of hydrogen-bond acceptors (Lipinski definition) is 13. The summed E-state index contributed by atoms with van der Waals surface area (Å²) in [4.78, 5) is 64.4. The Morgan fingerprint density at radius 3 is 1.41 bits per heavy atom. The van der Waals surface area contributed by atoms with Gasteiger partial charge < -0.3 is 24.7 Å². The van der Waals surface area contributed by atoms with Crippen molar-refractivity contribution in [2.24, 2.45) is 0 Å². The standard InChI is InChI=1S/C16H21N3O5Si.C12H17N3O3Si/c1-10(20)19(11(2)21)14-12(8-9-25(5,6)7)17-13(16(22)24-4)15(18-14)23-3;1-17-11-9(12(16)18-2)14-8(10(13)15-11)6-7-19(3,4)5/h1-7H3;1-5H3,(H2,13,15). The summed E-state index contributed by atoms with van der Waals surface area (Å²) in [5, 5.41) is 0. The summed E-state index contributed by atoms with van der Waals surface area (Å²) in [5.74, 6) is 3.15. The molecular formula is C28H38N6O8Si2. The Labute approximate surface area is 259 Å². The highest BCUT2D eigenvalue weighted by atomic mass is 28.3. The maximum atomic E-state index is 11.9. The Balaban J connectivity index is 0.000000457. The van der Waals surface area contributed by atoms with Gasteiger partial charge in [0, 0.05) is 13.8 Å². The highest BCUT2D eigenvalue weighted by Gasteiger charge is 2.27. The third-order valence-corrected chi connectivity index (χ3v) is 6.58. The van der Waals surface area contributed by atoms with Crippen molar-refractivity contribution in [2.75, 3.05) is 39.1 Å². The van der Waals surface area contributed by atoms with Crippen molar-refractivity contribution in [3.05, 3.63) is 22.8 Å². The van der Waals surface area contributed by atoms with Gasteiger partial charge in [-0.25, -0.2) is 24.5 Å². The molecule has 44 heavy (non-hydrogen) atoms. The second-order valence-electron chi connectivity index (χ2n) is 10.9. The topological polar surface area (TPSA) is 186 Å². The first-order valence-electron chi connectivity index (χ1n) is 13.0. The van der Waals surface area contributed by atoms with E-state index in [0.29, 0.717) is 0 Å². The normalized spacial score (nSPS) is 10.4. The van der Waals surface area contributed by atoms with Gasteiger partial charge in [0.25, 0.3) is 0 Å². The van der Waals surface area contributed by atoms with Crippen molar-refractivity contribution in [3.63, 3.8) is 0 Å². The van der Waals surface area contributed by atoms with E-state index in [-0.39, 0.29) is 46.2 Å². The zero-order valence-corrected chi connectivity index (χ0v) is 29.1. The molecule has 0 unspecified atom stereocenters. The van der Waals surface area contributed by atoms with Gasteiger partial charge in [-0.3, -0.25) is 9.59 Å². The molecule has 0 saturated carbocycles. The van der Waals surface area contributed by atoms with Crippen LogP contribution in [0.4, 0.5) is 11.6 Å². The minimum Gasteiger partial charge on any atom is -0.479 e. The highest BCUT2D eigenvalue weighted by molar-refractivity contribution is 6.84. The van der Waals surface area contributed by atoms with Crippen LogP contribution >= 0.6 is 0 Å². The van der Waals surface area contributed by atoms with Gasteiger partial charge in [0.05, 0.1) is 28.4 Å². The molecule has 0 spiro atoms. The van der Waals surface area contributed by atoms with E-state index < -0.39 is 39.9 Å². The van der Waals surface area contributed by atoms with Gasteiger partial charge >= 0.3 is 11.9 Å². The highest BCUT2D eigenvalue weighted by Crippen LogP contribution is 2.24. The van der Waals surface area contributed by atoms with E-state index in [2.05, 4.69) is 72.0 Å². The summed E-state index contributed by atoms with van der Waals surface area (Å²) in [7, 11) is 1.76. The molecule has 236 valence electrons. The molecule has 0 fully saturated rings. The number of nitrogens with zero attached hydrogens (tertiary/aromatic N) is 5. The Bertz CT molecular complexity index is 1550. The lowest BCUT2D eigenvalue weighted by molar-refractivity contribution is -0.124. The predicted octanol–water partition coefficient (Wildman–Crippen LogP) is 2.48. The van der Waals surface area contributed by atoms with Gasteiger partial charge in [0.2, 0.25) is 35.0 Å². The summed E-state index contributed by atoms with van der Waals surface area (Å²) >= 11 is 0. The minimum atomic E-state index is -1.79. The molecule has 0 aromatic carbocycles. The van der Waals surface area contributed by atoms with Gasteiger partial charge in [-0.1, -0.05) is 51.1 Å². The number of hydrogen-bond donors (Lipinski definition) is 1. The first-order valence-corrected chi connectivity index (χ1v) is 20.0. The fraction of sp³-hybridized carbons (Fsp3) is 0.429. The number of imide groups is 1. The van der Waals surface area contributed by atoms with Crippen LogP contribution in [0.3, 0.4) is 0 Å². The average molecular weight is 643 g/mol. The Kier molecular flexibility index (Phi) is 13.2. The molecule has 2 heterocycles. The zero-order chi connectivity index (χ0) is 34.0. The fourth-order valence-corrected chi connectivity index (χ4v) is 3.92. The average Bonchev–Trinajstić information content (AvgIpc) is 2.93. The number of rotatable bonds is 5. The quantitative estimate of drug-likeness (QED) is 0.285. The Hall–Kier alpha value is -4.81. The molecule has 0 aliphatic rings. The molecule has 2 rings (SSSR count). The molecule has 0 radical (unpaired) electrons. The monoisotopic (exact) mass is 642 g/mol. The van der Waals surface area contributed by atoms with Gasteiger partial charge in [-0.2, -0.15) is 9.97 Å². The van der Waals surface area contributed by atoms with Crippen LogP contribution in [0.25, 0.3) is 0 Å². The van der Waals surface area contributed by atoms with Gasteiger partial charge in [0.1, 0.15) is 16.1 Å². The molecule has 0 bridgehead atoms. The van der Waals surface area contributed by atoms with Crippen LogP contribution in [-0.2, 0) is 19.1 Å². The van der Waals surface area contributed by atoms with Gasteiger partial charge in [0.15, 0.2) is 23.0 Å². The van der Waals surface area contributed by atoms with E-state index >= 15 is 0 Å². The molecule has 2 N–H and O–H groups in total. The summed E-state index contributed by atoms with van der Waals surface area (Å²) in [6.07, 6.45) is 0. The third-order valence-electron chi connectivity index (χ3n) is 4.83. The summed E-state index contributed by atoms with van der Waals surface area (Å²) in [5.41, 5.74) is 12.0. The number of amides is 2. The van der Waals surface area contributed by atoms with E-state index in [9.17, 15) is 19.2 Å². The number of carbonyl (C=O) groups is 4. The zero-order valence-electron chi connectivity index (χ0n) is 27.1. The van der Waals surface area contributed by atoms with Crippen LogP contribution in [0.1, 0.15) is 46.2 Å². The Morgan fingerprint density at radius 2 is 1.05 bits per heavy atom. The molecule has 0 aliphatic heterocycles. The van der Waals surface area contributed by atoms with Crippen molar-refractivity contribution >= 4 is 51.5 Å². The van der Waals surface area contributed by atoms with E-state index in [1.165, 1.54) is 42.3 Å². The number of carbonyl (C=O) groups excluding carboxylic acids is 4. The van der Waals surface area contributed by atoms with Crippen molar-refractivity contribution in [3.8, 4) is 34.7 Å². The van der Waals surface area contributed by atoms with Crippen molar-refractivity contribution in [1.82, 2.24) is 19.9 Å². The molecule has 2 amide bonds. The molecule has 0 atom stereocenters.